The zero-order valence-electron chi connectivity index (χ0n) is 18.7. The summed E-state index contributed by atoms with van der Waals surface area (Å²) in [7, 11) is 1.64. The van der Waals surface area contributed by atoms with Crippen LogP contribution in [0.5, 0.6) is 11.5 Å². The summed E-state index contributed by atoms with van der Waals surface area (Å²) in [6.45, 7) is 0.466. The Labute approximate surface area is 201 Å². The monoisotopic (exact) mass is 485 g/mol. The molecule has 0 atom stereocenters. The first-order valence-corrected chi connectivity index (χ1v) is 11.7. The van der Waals surface area contributed by atoms with Crippen LogP contribution in [0.1, 0.15) is 11.3 Å². The summed E-state index contributed by atoms with van der Waals surface area (Å²) in [5.41, 5.74) is 2.50. The number of amides is 1. The molecular weight excluding hydrogens is 460 g/mol. The Bertz CT molecular complexity index is 1130. The van der Waals surface area contributed by atoms with Crippen LogP contribution in [0.3, 0.4) is 0 Å². The molecule has 0 bridgehead atoms. The van der Waals surface area contributed by atoms with Gasteiger partial charge in [0.15, 0.2) is 0 Å². The lowest BCUT2D eigenvalue weighted by molar-refractivity contribution is -0.127. The van der Waals surface area contributed by atoms with E-state index in [1.165, 1.54) is 18.2 Å². The maximum Gasteiger partial charge on any atom is 0.387 e. The number of rotatable bonds is 8. The molecule has 1 amide bonds. The van der Waals surface area contributed by atoms with Gasteiger partial charge in [-0.05, 0) is 36.4 Å². The highest BCUT2D eigenvalue weighted by Crippen LogP contribution is 2.26. The smallest absolute Gasteiger partial charge is 0.387 e. The average molecular weight is 486 g/mol. The normalized spacial score (nSPS) is 14.6. The van der Waals surface area contributed by atoms with Crippen LogP contribution >= 0.6 is 11.3 Å². The third kappa shape index (κ3) is 6.18. The van der Waals surface area contributed by atoms with Crippen molar-refractivity contribution in [2.75, 3.05) is 33.3 Å². The van der Waals surface area contributed by atoms with Crippen molar-refractivity contribution in [1.82, 2.24) is 14.8 Å². The van der Waals surface area contributed by atoms with E-state index in [2.05, 4.69) is 15.0 Å². The quantitative estimate of drug-likeness (QED) is 0.430. The molecule has 1 saturated heterocycles. The van der Waals surface area contributed by atoms with Crippen molar-refractivity contribution in [2.24, 2.45) is 0 Å². The molecule has 2 aromatic carbocycles. The Morgan fingerprint density at radius 1 is 1.12 bits per heavy atom. The maximum atomic E-state index is 12.6. The summed E-state index contributed by atoms with van der Waals surface area (Å²) in [5, 5.41) is 3.03. The highest BCUT2D eigenvalue weighted by atomic mass is 32.1. The van der Waals surface area contributed by atoms with E-state index in [-0.39, 0.29) is 11.7 Å². The molecule has 0 saturated carbocycles. The minimum atomic E-state index is -2.91. The molecule has 6 nitrogen and oxygen atoms in total. The minimum Gasteiger partial charge on any atom is -0.497 e. The highest BCUT2D eigenvalue weighted by molar-refractivity contribution is 7.13. The molecule has 4 rings (SSSR count). The van der Waals surface area contributed by atoms with E-state index < -0.39 is 6.61 Å². The number of para-hydroxylation sites is 1. The van der Waals surface area contributed by atoms with E-state index in [9.17, 15) is 13.6 Å². The topological polar surface area (TPSA) is 54.9 Å². The number of hydrogen-bond acceptors (Lipinski definition) is 6. The lowest BCUT2D eigenvalue weighted by Crippen LogP contribution is -2.47. The summed E-state index contributed by atoms with van der Waals surface area (Å²) in [6, 6.07) is 14.2. The Hall–Kier alpha value is -3.30. The van der Waals surface area contributed by atoms with Gasteiger partial charge in [0.1, 0.15) is 16.5 Å². The Morgan fingerprint density at radius 2 is 1.85 bits per heavy atom. The van der Waals surface area contributed by atoms with Crippen molar-refractivity contribution in [2.45, 2.75) is 13.2 Å². The standard InChI is InChI=1S/C25H25F2N3O3S/c1-32-21-9-6-19(7-10-21)24-28-20(17-34-24)16-29-12-14-30(15-13-29)23(31)11-8-18-4-2-3-5-22(18)33-25(26)27/h2-11,17,25H,12-16H2,1H3/b11-8+. The minimum absolute atomic E-state index is 0.0450. The molecule has 0 N–H and O–H groups in total. The molecule has 0 aliphatic carbocycles. The molecule has 1 aliphatic heterocycles. The zero-order chi connectivity index (χ0) is 23.9. The van der Waals surface area contributed by atoms with E-state index in [4.69, 9.17) is 9.72 Å². The number of alkyl halides is 2. The van der Waals surface area contributed by atoms with E-state index in [0.717, 1.165) is 41.6 Å². The van der Waals surface area contributed by atoms with Crippen LogP contribution in [0.25, 0.3) is 16.6 Å². The summed E-state index contributed by atoms with van der Waals surface area (Å²) in [4.78, 5) is 21.4. The van der Waals surface area contributed by atoms with Gasteiger partial charge in [-0.3, -0.25) is 9.69 Å². The molecule has 0 spiro atoms. The van der Waals surface area contributed by atoms with Crippen LogP contribution in [0.2, 0.25) is 0 Å². The van der Waals surface area contributed by atoms with E-state index >= 15 is 0 Å². The molecule has 178 valence electrons. The number of halogens is 2. The third-order valence-electron chi connectivity index (χ3n) is 5.50. The molecule has 0 unspecified atom stereocenters. The van der Waals surface area contributed by atoms with Crippen molar-refractivity contribution in [1.29, 1.82) is 0 Å². The van der Waals surface area contributed by atoms with Crippen LogP contribution in [-0.4, -0.2) is 60.6 Å². The summed E-state index contributed by atoms with van der Waals surface area (Å²) in [6.07, 6.45) is 2.92. The van der Waals surface area contributed by atoms with Crippen molar-refractivity contribution in [3.05, 3.63) is 71.2 Å². The molecule has 0 radical (unpaired) electrons. The van der Waals surface area contributed by atoms with Gasteiger partial charge in [0.25, 0.3) is 0 Å². The Balaban J connectivity index is 1.29. The number of ether oxygens (including phenoxy) is 2. The van der Waals surface area contributed by atoms with Crippen LogP contribution < -0.4 is 9.47 Å². The van der Waals surface area contributed by atoms with Crippen molar-refractivity contribution in [3.63, 3.8) is 0 Å². The fraction of sp³-hybridized carbons (Fsp3) is 0.280. The second-order valence-electron chi connectivity index (χ2n) is 7.72. The first-order valence-electron chi connectivity index (χ1n) is 10.8. The predicted molar refractivity (Wildman–Crippen MR) is 128 cm³/mol. The van der Waals surface area contributed by atoms with Crippen molar-refractivity contribution >= 4 is 23.3 Å². The molecule has 1 aromatic heterocycles. The van der Waals surface area contributed by atoms with Gasteiger partial charge in [0.05, 0.1) is 12.8 Å². The van der Waals surface area contributed by atoms with Crippen molar-refractivity contribution < 1.29 is 23.0 Å². The predicted octanol–water partition coefficient (Wildman–Crippen LogP) is 4.78. The van der Waals surface area contributed by atoms with Crippen LogP contribution in [0.15, 0.2) is 60.0 Å². The molecule has 1 aliphatic rings. The van der Waals surface area contributed by atoms with E-state index in [1.54, 1.807) is 41.5 Å². The average Bonchev–Trinajstić information content (AvgIpc) is 3.32. The fourth-order valence-corrected chi connectivity index (χ4v) is 4.51. The number of hydrogen-bond donors (Lipinski definition) is 0. The van der Waals surface area contributed by atoms with Gasteiger partial charge < -0.3 is 14.4 Å². The number of thiazole rings is 1. The number of piperazine rings is 1. The number of carbonyl (C=O) groups is 1. The van der Waals surface area contributed by atoms with Gasteiger partial charge in [-0.25, -0.2) is 4.98 Å². The number of benzene rings is 2. The van der Waals surface area contributed by atoms with Crippen molar-refractivity contribution in [3.8, 4) is 22.1 Å². The summed E-state index contributed by atoms with van der Waals surface area (Å²) >= 11 is 1.61. The SMILES string of the molecule is COc1ccc(-c2nc(CN3CCN(C(=O)/C=C/c4ccccc4OC(F)F)CC3)cs2)cc1. The number of methoxy groups -OCH3 is 1. The Kier molecular flexibility index (Phi) is 7.87. The summed E-state index contributed by atoms with van der Waals surface area (Å²) < 4.78 is 34.8. The fourth-order valence-electron chi connectivity index (χ4n) is 3.69. The van der Waals surface area contributed by atoms with E-state index in [1.807, 2.05) is 24.3 Å². The van der Waals surface area contributed by atoms with Gasteiger partial charge in [-0.2, -0.15) is 8.78 Å². The molecule has 9 heteroatoms. The Morgan fingerprint density at radius 3 is 2.56 bits per heavy atom. The van der Waals surface area contributed by atoms with E-state index in [0.29, 0.717) is 18.7 Å². The lowest BCUT2D eigenvalue weighted by Gasteiger charge is -2.33. The first-order chi connectivity index (χ1) is 16.5. The molecule has 3 aromatic rings. The van der Waals surface area contributed by atoms with Crippen LogP contribution in [0.4, 0.5) is 8.78 Å². The third-order valence-corrected chi connectivity index (χ3v) is 6.44. The number of carbonyl (C=O) groups excluding carboxylic acids is 1. The lowest BCUT2D eigenvalue weighted by atomic mass is 10.2. The van der Waals surface area contributed by atoms with Gasteiger partial charge in [-0.1, -0.05) is 18.2 Å². The zero-order valence-corrected chi connectivity index (χ0v) is 19.5. The van der Waals surface area contributed by atoms with Crippen LogP contribution in [-0.2, 0) is 11.3 Å². The molecule has 34 heavy (non-hydrogen) atoms. The van der Waals surface area contributed by atoms with Crippen LogP contribution in [0, 0.1) is 0 Å². The highest BCUT2D eigenvalue weighted by Gasteiger charge is 2.20. The van der Waals surface area contributed by atoms with Gasteiger partial charge >= 0.3 is 6.61 Å². The number of aromatic nitrogens is 1. The van der Waals surface area contributed by atoms with Gasteiger partial charge in [-0.15, -0.1) is 11.3 Å². The molecule has 2 heterocycles. The maximum absolute atomic E-state index is 12.6. The largest absolute Gasteiger partial charge is 0.497 e. The number of nitrogens with zero attached hydrogens (tertiary/aromatic N) is 3. The first kappa shape index (κ1) is 23.8. The second-order valence-corrected chi connectivity index (χ2v) is 8.58. The molecular formula is C25H25F2N3O3S. The summed E-state index contributed by atoms with van der Waals surface area (Å²) in [5.74, 6) is 0.707. The van der Waals surface area contributed by atoms with Gasteiger partial charge in [0, 0.05) is 55.3 Å². The molecule has 1 fully saturated rings. The second kappa shape index (κ2) is 11.2. The van der Waals surface area contributed by atoms with Gasteiger partial charge in [0.2, 0.25) is 5.91 Å².